The van der Waals surface area contributed by atoms with Gasteiger partial charge in [0.1, 0.15) is 5.75 Å². The molecule has 162 valence electrons. The lowest BCUT2D eigenvalue weighted by Crippen LogP contribution is -2.25. The van der Waals surface area contributed by atoms with Crippen LogP contribution >= 0.6 is 11.8 Å². The Morgan fingerprint density at radius 2 is 1.81 bits per heavy atom. The summed E-state index contributed by atoms with van der Waals surface area (Å²) in [6.07, 6.45) is 1.00. The molecule has 0 fully saturated rings. The molecule has 3 rings (SSSR count). The van der Waals surface area contributed by atoms with Gasteiger partial charge in [-0.2, -0.15) is 0 Å². The molecule has 2 aromatic carbocycles. The number of benzene rings is 2. The van der Waals surface area contributed by atoms with Crippen molar-refractivity contribution in [2.45, 2.75) is 28.4 Å². The number of carbonyl (C=O) groups excluding carboxylic acids is 1. The van der Waals surface area contributed by atoms with Gasteiger partial charge in [0.25, 0.3) is 5.56 Å². The van der Waals surface area contributed by atoms with Gasteiger partial charge in [0.2, 0.25) is 15.7 Å². The number of nitrogens with zero attached hydrogens (tertiary/aromatic N) is 1. The van der Waals surface area contributed by atoms with E-state index in [1.165, 1.54) is 31.4 Å². The maximum atomic E-state index is 12.7. The summed E-state index contributed by atoms with van der Waals surface area (Å²) in [5.41, 5.74) is 1.31. The first-order chi connectivity index (χ1) is 14.8. The molecule has 0 spiro atoms. The second kappa shape index (κ2) is 9.80. The number of ether oxygens (including phenoxy) is 1. The number of rotatable bonds is 8. The molecule has 0 radical (unpaired) electrons. The van der Waals surface area contributed by atoms with Crippen LogP contribution in [-0.4, -0.2) is 37.2 Å². The number of hydrogen-bond acceptors (Lipinski definition) is 7. The fourth-order valence-electron chi connectivity index (χ4n) is 2.61. The molecule has 0 bridgehead atoms. The van der Waals surface area contributed by atoms with Crippen LogP contribution in [0.2, 0.25) is 0 Å². The van der Waals surface area contributed by atoms with Crippen LogP contribution in [0.1, 0.15) is 11.1 Å². The first-order valence-corrected chi connectivity index (χ1v) is 11.7. The molecule has 2 N–H and O–H groups in total. The molecule has 0 saturated heterocycles. The number of thioether (sulfide) groups is 1. The lowest BCUT2D eigenvalue weighted by Gasteiger charge is -2.07. The van der Waals surface area contributed by atoms with Crippen LogP contribution < -0.4 is 15.6 Å². The van der Waals surface area contributed by atoms with E-state index in [2.05, 4.69) is 15.3 Å². The van der Waals surface area contributed by atoms with E-state index in [1.54, 1.807) is 0 Å². The molecule has 0 saturated carbocycles. The topological polar surface area (TPSA) is 118 Å². The van der Waals surface area contributed by atoms with E-state index in [-0.39, 0.29) is 21.7 Å². The van der Waals surface area contributed by atoms with E-state index in [1.807, 2.05) is 31.2 Å². The average molecular weight is 460 g/mol. The van der Waals surface area contributed by atoms with Gasteiger partial charge in [-0.15, -0.1) is 0 Å². The Labute approximate surface area is 184 Å². The molecule has 1 amide bonds. The van der Waals surface area contributed by atoms with Gasteiger partial charge < -0.3 is 15.0 Å². The van der Waals surface area contributed by atoms with Crippen molar-refractivity contribution >= 4 is 27.5 Å². The number of methoxy groups -OCH3 is 1. The number of aromatic nitrogens is 2. The Hall–Kier alpha value is -3.11. The van der Waals surface area contributed by atoms with Crippen molar-refractivity contribution in [3.63, 3.8) is 0 Å². The summed E-state index contributed by atoms with van der Waals surface area (Å²) in [6, 6.07) is 13.5. The summed E-state index contributed by atoms with van der Waals surface area (Å²) in [4.78, 5) is 30.3. The molecular weight excluding hydrogens is 438 g/mol. The normalized spacial score (nSPS) is 11.2. The lowest BCUT2D eigenvalue weighted by molar-refractivity contribution is -0.118. The molecule has 31 heavy (non-hydrogen) atoms. The zero-order valence-corrected chi connectivity index (χ0v) is 18.5. The standard InChI is InChI=1S/C21H21N3O5S2/c1-14-3-5-15(6-4-14)11-22-19(25)13-30-21-23-12-18(20(26)24-21)31(27,28)17-9-7-16(29-2)8-10-17/h3-10,12H,11,13H2,1-2H3,(H,22,25)(H,23,24,26). The lowest BCUT2D eigenvalue weighted by atomic mass is 10.1. The van der Waals surface area contributed by atoms with Crippen LogP contribution in [0.4, 0.5) is 0 Å². The van der Waals surface area contributed by atoms with Gasteiger partial charge in [0.15, 0.2) is 10.1 Å². The van der Waals surface area contributed by atoms with Crippen LogP contribution in [0.5, 0.6) is 5.75 Å². The zero-order chi connectivity index (χ0) is 22.4. The minimum absolute atomic E-state index is 0.0272. The maximum absolute atomic E-state index is 12.7. The quantitative estimate of drug-likeness (QED) is 0.392. The van der Waals surface area contributed by atoms with E-state index in [9.17, 15) is 18.0 Å². The first kappa shape index (κ1) is 22.6. The van der Waals surface area contributed by atoms with Gasteiger partial charge in [-0.05, 0) is 36.8 Å². The number of carbonyl (C=O) groups is 1. The second-order valence-corrected chi connectivity index (χ2v) is 9.49. The zero-order valence-electron chi connectivity index (χ0n) is 16.9. The predicted octanol–water partition coefficient (Wildman–Crippen LogP) is 2.33. The fourth-order valence-corrected chi connectivity index (χ4v) is 4.50. The molecule has 3 aromatic rings. The molecular formula is C21H21N3O5S2. The highest BCUT2D eigenvalue weighted by atomic mass is 32.2. The number of aryl methyl sites for hydroxylation is 1. The Kier molecular flexibility index (Phi) is 7.13. The smallest absolute Gasteiger partial charge is 0.270 e. The van der Waals surface area contributed by atoms with E-state index >= 15 is 0 Å². The highest BCUT2D eigenvalue weighted by molar-refractivity contribution is 7.99. The monoisotopic (exact) mass is 459 g/mol. The Bertz CT molecular complexity index is 1220. The van der Waals surface area contributed by atoms with Gasteiger partial charge in [-0.25, -0.2) is 13.4 Å². The molecule has 1 aromatic heterocycles. The minimum atomic E-state index is -4.04. The SMILES string of the molecule is COc1ccc(S(=O)(=O)c2cnc(SCC(=O)NCc3ccc(C)cc3)[nH]c2=O)cc1. The van der Waals surface area contributed by atoms with Crippen molar-refractivity contribution in [2.24, 2.45) is 0 Å². The third-order valence-electron chi connectivity index (χ3n) is 4.35. The van der Waals surface area contributed by atoms with Crippen molar-refractivity contribution < 1.29 is 17.9 Å². The minimum Gasteiger partial charge on any atom is -0.497 e. The summed E-state index contributed by atoms with van der Waals surface area (Å²) in [7, 11) is -2.57. The van der Waals surface area contributed by atoms with Crippen molar-refractivity contribution in [1.29, 1.82) is 0 Å². The summed E-state index contributed by atoms with van der Waals surface area (Å²) >= 11 is 1.01. The predicted molar refractivity (Wildman–Crippen MR) is 117 cm³/mol. The van der Waals surface area contributed by atoms with Crippen LogP contribution in [-0.2, 0) is 21.2 Å². The Morgan fingerprint density at radius 3 is 2.42 bits per heavy atom. The van der Waals surface area contributed by atoms with Crippen molar-refractivity contribution in [2.75, 3.05) is 12.9 Å². The van der Waals surface area contributed by atoms with Crippen molar-refractivity contribution in [1.82, 2.24) is 15.3 Å². The van der Waals surface area contributed by atoms with Crippen molar-refractivity contribution in [3.05, 3.63) is 76.2 Å². The highest BCUT2D eigenvalue weighted by Gasteiger charge is 2.22. The maximum Gasteiger partial charge on any atom is 0.270 e. The molecule has 0 unspecified atom stereocenters. The van der Waals surface area contributed by atoms with E-state index < -0.39 is 20.3 Å². The number of nitrogens with one attached hydrogen (secondary N) is 2. The van der Waals surface area contributed by atoms with Crippen LogP contribution in [0.15, 0.2) is 74.5 Å². The molecule has 8 nitrogen and oxygen atoms in total. The average Bonchev–Trinajstić information content (AvgIpc) is 2.77. The van der Waals surface area contributed by atoms with Gasteiger partial charge in [-0.1, -0.05) is 41.6 Å². The van der Waals surface area contributed by atoms with Crippen LogP contribution in [0, 0.1) is 6.92 Å². The number of aromatic amines is 1. The molecule has 0 aliphatic rings. The van der Waals surface area contributed by atoms with Gasteiger partial charge in [0, 0.05) is 6.54 Å². The summed E-state index contributed by atoms with van der Waals surface area (Å²) in [5, 5.41) is 2.94. The molecule has 0 aliphatic heterocycles. The summed E-state index contributed by atoms with van der Waals surface area (Å²) < 4.78 is 30.4. The van der Waals surface area contributed by atoms with Gasteiger partial charge in [0.05, 0.1) is 24.0 Å². The number of H-pyrrole nitrogens is 1. The van der Waals surface area contributed by atoms with Gasteiger partial charge in [-0.3, -0.25) is 9.59 Å². The first-order valence-electron chi connectivity index (χ1n) is 9.23. The third kappa shape index (κ3) is 5.74. The second-order valence-electron chi connectivity index (χ2n) is 6.61. The fraction of sp³-hybridized carbons (Fsp3) is 0.190. The Balaban J connectivity index is 1.62. The molecule has 0 aliphatic carbocycles. The summed E-state index contributed by atoms with van der Waals surface area (Å²) in [5.74, 6) is 0.292. The summed E-state index contributed by atoms with van der Waals surface area (Å²) in [6.45, 7) is 2.38. The number of amides is 1. The van der Waals surface area contributed by atoms with E-state index in [0.29, 0.717) is 12.3 Å². The largest absolute Gasteiger partial charge is 0.497 e. The molecule has 10 heteroatoms. The molecule has 1 heterocycles. The third-order valence-corrected chi connectivity index (χ3v) is 7.00. The van der Waals surface area contributed by atoms with Crippen LogP contribution in [0.3, 0.4) is 0 Å². The van der Waals surface area contributed by atoms with E-state index in [0.717, 1.165) is 29.1 Å². The Morgan fingerprint density at radius 1 is 1.13 bits per heavy atom. The van der Waals surface area contributed by atoms with Crippen LogP contribution in [0.25, 0.3) is 0 Å². The van der Waals surface area contributed by atoms with E-state index in [4.69, 9.17) is 4.74 Å². The highest BCUT2D eigenvalue weighted by Crippen LogP contribution is 2.21. The molecule has 0 atom stereocenters. The number of hydrogen-bond donors (Lipinski definition) is 2. The van der Waals surface area contributed by atoms with Crippen molar-refractivity contribution in [3.8, 4) is 5.75 Å². The van der Waals surface area contributed by atoms with Gasteiger partial charge >= 0.3 is 0 Å². The number of sulfone groups is 1.